The van der Waals surface area contributed by atoms with E-state index in [1.165, 1.54) is 19.3 Å². The van der Waals surface area contributed by atoms with Crippen LogP contribution in [0, 0.1) is 29.1 Å². The molecule has 7 heteroatoms. The monoisotopic (exact) mass is 357 g/mol. The molecule has 1 saturated heterocycles. The molecule has 132 valence electrons. The number of rotatable bonds is 3. The first kappa shape index (κ1) is 16.5. The molecule has 5 rings (SSSR count). The van der Waals surface area contributed by atoms with Crippen LogP contribution in [0.15, 0.2) is 0 Å². The molecule has 5 fully saturated rings. The van der Waals surface area contributed by atoms with E-state index in [0.717, 1.165) is 17.7 Å². The quantitative estimate of drug-likeness (QED) is 0.790. The summed E-state index contributed by atoms with van der Waals surface area (Å²) in [5, 5.41) is 12.4. The zero-order chi connectivity index (χ0) is 17.1. The summed E-state index contributed by atoms with van der Waals surface area (Å²) in [4.78, 5) is 13.5. The fraction of sp³-hybridized carbons (Fsp3) is 0.882. The number of amides is 1. The number of likely N-dealkylation sites (tertiary alicyclic amines) is 1. The summed E-state index contributed by atoms with van der Waals surface area (Å²) in [5.74, 6) is -1.54. The molecule has 4 unspecified atom stereocenters. The Labute approximate surface area is 145 Å². The van der Waals surface area contributed by atoms with E-state index in [-0.39, 0.29) is 17.5 Å². The van der Waals surface area contributed by atoms with Crippen molar-refractivity contribution < 1.29 is 13.6 Å². The van der Waals surface area contributed by atoms with Gasteiger partial charge in [-0.25, -0.2) is 8.78 Å². The predicted octanol–water partition coefficient (Wildman–Crippen LogP) is 2.52. The third-order valence-electron chi connectivity index (χ3n) is 6.52. The van der Waals surface area contributed by atoms with Crippen LogP contribution in [0.4, 0.5) is 8.78 Å². The Hall–Kier alpha value is -0.930. The van der Waals surface area contributed by atoms with Gasteiger partial charge in [-0.15, -0.1) is 11.6 Å². The van der Waals surface area contributed by atoms with Crippen molar-refractivity contribution in [3.8, 4) is 6.07 Å². The summed E-state index contributed by atoms with van der Waals surface area (Å²) in [6.07, 6.45) is 4.99. The van der Waals surface area contributed by atoms with Gasteiger partial charge in [-0.2, -0.15) is 5.26 Å². The van der Waals surface area contributed by atoms with Crippen LogP contribution < -0.4 is 5.32 Å². The van der Waals surface area contributed by atoms with E-state index in [0.29, 0.717) is 17.8 Å². The molecule has 4 nitrogen and oxygen atoms in total. The van der Waals surface area contributed by atoms with Crippen molar-refractivity contribution in [3.63, 3.8) is 0 Å². The van der Waals surface area contributed by atoms with E-state index in [4.69, 9.17) is 16.9 Å². The van der Waals surface area contributed by atoms with Crippen molar-refractivity contribution in [2.45, 2.75) is 61.4 Å². The fourth-order valence-electron chi connectivity index (χ4n) is 5.77. The number of nitrogens with one attached hydrogen (secondary N) is 1. The van der Waals surface area contributed by atoms with Crippen molar-refractivity contribution in [2.75, 3.05) is 13.1 Å². The molecule has 0 radical (unpaired) electrons. The van der Waals surface area contributed by atoms with Crippen molar-refractivity contribution in [2.24, 2.45) is 17.8 Å². The van der Waals surface area contributed by atoms with Crippen LogP contribution in [0.3, 0.4) is 0 Å². The number of nitriles is 1. The highest BCUT2D eigenvalue weighted by Gasteiger charge is 2.56. The van der Waals surface area contributed by atoms with E-state index in [9.17, 15) is 13.6 Å². The van der Waals surface area contributed by atoms with Gasteiger partial charge in [-0.1, -0.05) is 0 Å². The van der Waals surface area contributed by atoms with Gasteiger partial charge in [0.15, 0.2) is 0 Å². The third-order valence-corrected chi connectivity index (χ3v) is 7.29. The van der Waals surface area contributed by atoms with Crippen molar-refractivity contribution in [1.29, 1.82) is 5.26 Å². The van der Waals surface area contributed by atoms with E-state index in [1.807, 2.05) is 6.07 Å². The highest BCUT2D eigenvalue weighted by molar-refractivity contribution is 6.22. The van der Waals surface area contributed by atoms with Crippen LogP contribution in [-0.2, 0) is 4.79 Å². The van der Waals surface area contributed by atoms with Crippen LogP contribution in [0.25, 0.3) is 0 Å². The van der Waals surface area contributed by atoms with Gasteiger partial charge >= 0.3 is 0 Å². The number of alkyl halides is 3. The lowest BCUT2D eigenvalue weighted by atomic mass is 9.52. The normalized spacial score (nSPS) is 45.4. The van der Waals surface area contributed by atoms with E-state index in [2.05, 4.69) is 5.32 Å². The summed E-state index contributed by atoms with van der Waals surface area (Å²) in [7, 11) is 0. The van der Waals surface area contributed by atoms with Crippen molar-refractivity contribution >= 4 is 17.5 Å². The second kappa shape index (κ2) is 5.54. The van der Waals surface area contributed by atoms with Gasteiger partial charge in [0.2, 0.25) is 5.91 Å². The predicted molar refractivity (Wildman–Crippen MR) is 84.6 cm³/mol. The first-order valence-electron chi connectivity index (χ1n) is 8.78. The van der Waals surface area contributed by atoms with Gasteiger partial charge in [-0.05, 0) is 49.9 Å². The zero-order valence-electron chi connectivity index (χ0n) is 13.5. The van der Waals surface area contributed by atoms with Gasteiger partial charge in [0, 0.05) is 12.0 Å². The lowest BCUT2D eigenvalue weighted by molar-refractivity contribution is -0.132. The molecule has 0 spiro atoms. The van der Waals surface area contributed by atoms with Crippen LogP contribution in [0.2, 0.25) is 0 Å². The first-order chi connectivity index (χ1) is 11.3. The number of carbonyl (C=O) groups is 1. The van der Waals surface area contributed by atoms with Crippen LogP contribution in [0.1, 0.15) is 38.5 Å². The summed E-state index contributed by atoms with van der Waals surface area (Å²) >= 11 is 6.71. The Bertz CT molecular complexity index is 579. The fourth-order valence-corrected chi connectivity index (χ4v) is 6.23. The minimum absolute atomic E-state index is 0.00452. The summed E-state index contributed by atoms with van der Waals surface area (Å²) in [6.45, 7) is -0.666. The number of hydrogen-bond acceptors (Lipinski definition) is 3. The topological polar surface area (TPSA) is 56.1 Å². The Morgan fingerprint density at radius 3 is 2.54 bits per heavy atom. The lowest BCUT2D eigenvalue weighted by Gasteiger charge is -2.59. The molecule has 0 aromatic heterocycles. The SMILES string of the molecule is N#CC1CC(F)(F)CN1C(=O)CNC12CC3CC(CC(C3)C1Cl)C2. The Kier molecular flexibility index (Phi) is 3.81. The van der Waals surface area contributed by atoms with Crippen LogP contribution >= 0.6 is 11.6 Å². The molecule has 1 amide bonds. The highest BCUT2D eigenvalue weighted by atomic mass is 35.5. The van der Waals surface area contributed by atoms with Gasteiger partial charge < -0.3 is 10.2 Å². The number of carbonyl (C=O) groups excluding carboxylic acids is 1. The molecule has 5 aliphatic rings. The Morgan fingerprint density at radius 1 is 1.25 bits per heavy atom. The van der Waals surface area contributed by atoms with Crippen molar-refractivity contribution in [1.82, 2.24) is 10.2 Å². The minimum Gasteiger partial charge on any atom is -0.319 e. The largest absolute Gasteiger partial charge is 0.319 e. The summed E-state index contributed by atoms with van der Waals surface area (Å²) in [6, 6.07) is 0.794. The molecule has 1 heterocycles. The Balaban J connectivity index is 1.43. The first-order valence-corrected chi connectivity index (χ1v) is 9.21. The molecule has 1 aliphatic heterocycles. The third kappa shape index (κ3) is 2.61. The maximum absolute atomic E-state index is 13.5. The van der Waals surface area contributed by atoms with E-state index in [1.54, 1.807) is 0 Å². The van der Waals surface area contributed by atoms with Gasteiger partial charge in [0.25, 0.3) is 5.92 Å². The maximum atomic E-state index is 13.5. The molecule has 4 aliphatic carbocycles. The lowest BCUT2D eigenvalue weighted by Crippen LogP contribution is -2.66. The van der Waals surface area contributed by atoms with Crippen molar-refractivity contribution in [3.05, 3.63) is 0 Å². The molecule has 0 aromatic rings. The second-order valence-corrected chi connectivity index (χ2v) is 8.72. The van der Waals surface area contributed by atoms with Crippen LogP contribution in [0.5, 0.6) is 0 Å². The average molecular weight is 358 g/mol. The average Bonchev–Trinajstić information content (AvgIpc) is 2.84. The molecular weight excluding hydrogens is 336 g/mol. The maximum Gasteiger partial charge on any atom is 0.268 e. The Morgan fingerprint density at radius 2 is 1.92 bits per heavy atom. The second-order valence-electron chi connectivity index (χ2n) is 8.25. The molecule has 1 N–H and O–H groups in total. The van der Waals surface area contributed by atoms with E-state index < -0.39 is 30.8 Å². The zero-order valence-corrected chi connectivity index (χ0v) is 14.2. The van der Waals surface area contributed by atoms with Gasteiger partial charge in [0.1, 0.15) is 6.04 Å². The number of halogens is 3. The minimum atomic E-state index is -2.97. The molecule has 4 saturated carbocycles. The molecular formula is C17H22ClF2N3O. The smallest absolute Gasteiger partial charge is 0.268 e. The molecule has 24 heavy (non-hydrogen) atoms. The summed E-state index contributed by atoms with van der Waals surface area (Å²) in [5.41, 5.74) is -0.240. The molecule has 4 atom stereocenters. The summed E-state index contributed by atoms with van der Waals surface area (Å²) < 4.78 is 27.0. The highest BCUT2D eigenvalue weighted by Crippen LogP contribution is 2.57. The van der Waals surface area contributed by atoms with Gasteiger partial charge in [-0.3, -0.25) is 4.79 Å². The van der Waals surface area contributed by atoms with Gasteiger partial charge in [0.05, 0.1) is 24.5 Å². The van der Waals surface area contributed by atoms with Crippen LogP contribution in [-0.4, -0.2) is 46.8 Å². The number of hydrogen-bond donors (Lipinski definition) is 1. The molecule has 4 bridgehead atoms. The standard InChI is InChI=1S/C17H22ClF2N3O/c18-15-12-2-10-1-11(3-12)5-16(15,4-10)22-8-14(24)23-9-17(19,20)6-13(23)7-21/h10-13,15,22H,1-6,8-9H2. The van der Waals surface area contributed by atoms with E-state index >= 15 is 0 Å². The number of nitrogens with zero attached hydrogens (tertiary/aromatic N) is 2. The molecule has 0 aromatic carbocycles.